The van der Waals surface area contributed by atoms with Crippen LogP contribution < -0.4 is 4.90 Å². The van der Waals surface area contributed by atoms with E-state index in [0.29, 0.717) is 5.69 Å². The third-order valence-corrected chi connectivity index (χ3v) is 6.02. The molecule has 1 N–H and O–H groups in total. The van der Waals surface area contributed by atoms with Crippen molar-refractivity contribution in [1.29, 1.82) is 0 Å². The molecule has 0 bridgehead atoms. The van der Waals surface area contributed by atoms with E-state index >= 15 is 0 Å². The topological polar surface area (TPSA) is 101 Å². The van der Waals surface area contributed by atoms with Crippen LogP contribution in [0, 0.1) is 24.0 Å². The number of anilines is 1. The number of nitrogens with zero attached hydrogens (tertiary/aromatic N) is 2. The predicted octanol–water partition coefficient (Wildman–Crippen LogP) is 4.90. The molecule has 1 aliphatic heterocycles. The first-order valence-corrected chi connectivity index (χ1v) is 10.3. The van der Waals surface area contributed by atoms with Crippen LogP contribution in [0.15, 0.2) is 65.6 Å². The first kappa shape index (κ1) is 20.5. The first-order valence-electron chi connectivity index (χ1n) is 9.45. The molecule has 2 aromatic carbocycles. The number of carbonyl (C=O) groups excluding carboxylic acids is 2. The molecule has 0 spiro atoms. The smallest absolute Gasteiger partial charge is 0.300 e. The average Bonchev–Trinajstić information content (AvgIpc) is 3.34. The van der Waals surface area contributed by atoms with E-state index in [4.69, 9.17) is 0 Å². The molecule has 1 atom stereocenters. The van der Waals surface area contributed by atoms with Gasteiger partial charge in [-0.25, -0.2) is 0 Å². The Morgan fingerprint density at radius 3 is 2.26 bits per heavy atom. The molecule has 8 heteroatoms. The fourth-order valence-electron chi connectivity index (χ4n) is 3.80. The molecule has 4 rings (SSSR count). The fraction of sp³-hybridized carbons (Fsp3) is 0.130. The second kappa shape index (κ2) is 7.81. The van der Waals surface area contributed by atoms with Gasteiger partial charge in [-0.05, 0) is 60.7 Å². The number of thiophene rings is 1. The van der Waals surface area contributed by atoms with Crippen molar-refractivity contribution in [1.82, 2.24) is 0 Å². The van der Waals surface area contributed by atoms with Gasteiger partial charge in [0.2, 0.25) is 0 Å². The van der Waals surface area contributed by atoms with Gasteiger partial charge in [-0.2, -0.15) is 0 Å². The number of nitro groups is 1. The van der Waals surface area contributed by atoms with E-state index in [9.17, 15) is 24.8 Å². The van der Waals surface area contributed by atoms with Crippen LogP contribution >= 0.6 is 11.3 Å². The van der Waals surface area contributed by atoms with Crippen molar-refractivity contribution in [3.63, 3.8) is 0 Å². The lowest BCUT2D eigenvalue weighted by molar-refractivity contribution is -0.384. The number of aliphatic hydroxyl groups is 1. The molecule has 1 aliphatic rings. The Bertz CT molecular complexity index is 1210. The first-order chi connectivity index (χ1) is 14.8. The number of aliphatic hydroxyl groups excluding tert-OH is 1. The number of aryl methyl sites for hydroxylation is 2. The summed E-state index contributed by atoms with van der Waals surface area (Å²) in [6.45, 7) is 3.81. The zero-order valence-corrected chi connectivity index (χ0v) is 17.6. The Kier molecular flexibility index (Phi) is 5.16. The number of amides is 1. The SMILES string of the molecule is Cc1cc(C)cc(N2C(=O)C(=O)/C(=C(\O)c3ccc([N+](=O)[O-])cc3)C2c2cccs2)c1. The molecule has 2 heterocycles. The van der Waals surface area contributed by atoms with Crippen LogP contribution in [-0.2, 0) is 9.59 Å². The number of hydrogen-bond donors (Lipinski definition) is 1. The van der Waals surface area contributed by atoms with Gasteiger partial charge in [0.15, 0.2) is 0 Å². The summed E-state index contributed by atoms with van der Waals surface area (Å²) >= 11 is 1.37. The number of Topliss-reactive ketones (excluding diaryl/α,β-unsaturated/α-hetero) is 1. The Morgan fingerprint density at radius 1 is 1.06 bits per heavy atom. The van der Waals surface area contributed by atoms with Crippen LogP contribution in [0.3, 0.4) is 0 Å². The number of benzene rings is 2. The van der Waals surface area contributed by atoms with E-state index < -0.39 is 22.7 Å². The van der Waals surface area contributed by atoms with Crippen molar-refractivity contribution in [3.05, 3.63) is 97.2 Å². The molecule has 1 saturated heterocycles. The van der Waals surface area contributed by atoms with Gasteiger partial charge in [-0.3, -0.25) is 24.6 Å². The van der Waals surface area contributed by atoms with E-state index in [-0.39, 0.29) is 22.6 Å². The molecule has 0 radical (unpaired) electrons. The van der Waals surface area contributed by atoms with Crippen molar-refractivity contribution in [3.8, 4) is 0 Å². The van der Waals surface area contributed by atoms with E-state index in [1.165, 1.54) is 40.5 Å². The summed E-state index contributed by atoms with van der Waals surface area (Å²) in [6.07, 6.45) is 0. The molecular formula is C23H18N2O5S. The molecule has 3 aromatic rings. The number of carbonyl (C=O) groups is 2. The summed E-state index contributed by atoms with van der Waals surface area (Å²) in [7, 11) is 0. The van der Waals surface area contributed by atoms with Gasteiger partial charge < -0.3 is 5.11 Å². The largest absolute Gasteiger partial charge is 0.507 e. The molecule has 1 aromatic heterocycles. The summed E-state index contributed by atoms with van der Waals surface area (Å²) in [4.78, 5) is 38.6. The maximum absolute atomic E-state index is 13.1. The van der Waals surface area contributed by atoms with Crippen LogP contribution in [0.25, 0.3) is 5.76 Å². The van der Waals surface area contributed by atoms with Crippen LogP contribution in [0.2, 0.25) is 0 Å². The highest BCUT2D eigenvalue weighted by atomic mass is 32.1. The van der Waals surface area contributed by atoms with Crippen molar-refractivity contribution in [2.75, 3.05) is 4.90 Å². The zero-order chi connectivity index (χ0) is 22.3. The van der Waals surface area contributed by atoms with Gasteiger partial charge in [0, 0.05) is 28.3 Å². The van der Waals surface area contributed by atoms with Crippen molar-refractivity contribution >= 4 is 40.2 Å². The maximum atomic E-state index is 13.1. The van der Waals surface area contributed by atoms with E-state index in [2.05, 4.69) is 0 Å². The quantitative estimate of drug-likeness (QED) is 0.207. The van der Waals surface area contributed by atoms with Gasteiger partial charge in [0.25, 0.3) is 17.4 Å². The van der Waals surface area contributed by atoms with Gasteiger partial charge in [-0.1, -0.05) is 12.1 Å². The minimum absolute atomic E-state index is 0.0412. The highest BCUT2D eigenvalue weighted by Crippen LogP contribution is 2.44. The Balaban J connectivity index is 1.90. The van der Waals surface area contributed by atoms with Crippen LogP contribution in [0.5, 0.6) is 0 Å². The second-order valence-electron chi connectivity index (χ2n) is 7.33. The zero-order valence-electron chi connectivity index (χ0n) is 16.7. The van der Waals surface area contributed by atoms with E-state index in [0.717, 1.165) is 16.0 Å². The van der Waals surface area contributed by atoms with Crippen molar-refractivity contribution < 1.29 is 19.6 Å². The molecule has 1 fully saturated rings. The second-order valence-corrected chi connectivity index (χ2v) is 8.31. The number of ketones is 1. The molecule has 7 nitrogen and oxygen atoms in total. The monoisotopic (exact) mass is 434 g/mol. The highest BCUT2D eigenvalue weighted by Gasteiger charge is 2.47. The standard InChI is InChI=1S/C23H18N2O5S/c1-13-10-14(2)12-17(11-13)24-20(18-4-3-9-31-18)19(22(27)23(24)28)21(26)15-5-7-16(8-6-15)25(29)30/h3-12,20,26H,1-2H3/b21-19-. The normalized spacial score (nSPS) is 17.9. The van der Waals surface area contributed by atoms with Crippen LogP contribution in [0.1, 0.15) is 27.6 Å². The summed E-state index contributed by atoms with van der Waals surface area (Å²) in [5.41, 5.74) is 2.50. The summed E-state index contributed by atoms with van der Waals surface area (Å²) in [5, 5.41) is 23.8. The Morgan fingerprint density at radius 2 is 1.71 bits per heavy atom. The Labute approximate surface area is 182 Å². The van der Waals surface area contributed by atoms with Crippen LogP contribution in [-0.4, -0.2) is 21.7 Å². The molecule has 156 valence electrons. The summed E-state index contributed by atoms with van der Waals surface area (Å²) < 4.78 is 0. The minimum Gasteiger partial charge on any atom is -0.507 e. The molecule has 0 saturated carbocycles. The summed E-state index contributed by atoms with van der Waals surface area (Å²) in [6, 6.07) is 13.7. The van der Waals surface area contributed by atoms with Crippen molar-refractivity contribution in [2.45, 2.75) is 19.9 Å². The molecule has 0 aliphatic carbocycles. The van der Waals surface area contributed by atoms with E-state index in [1.54, 1.807) is 6.07 Å². The molecular weight excluding hydrogens is 416 g/mol. The van der Waals surface area contributed by atoms with Crippen LogP contribution in [0.4, 0.5) is 11.4 Å². The number of rotatable bonds is 4. The fourth-order valence-corrected chi connectivity index (χ4v) is 4.62. The van der Waals surface area contributed by atoms with Gasteiger partial charge in [-0.15, -0.1) is 11.3 Å². The highest BCUT2D eigenvalue weighted by molar-refractivity contribution is 7.10. The summed E-state index contributed by atoms with van der Waals surface area (Å²) in [5.74, 6) is -1.89. The maximum Gasteiger partial charge on any atom is 0.300 e. The average molecular weight is 434 g/mol. The molecule has 31 heavy (non-hydrogen) atoms. The number of non-ortho nitro benzene ring substituents is 1. The van der Waals surface area contributed by atoms with Gasteiger partial charge >= 0.3 is 0 Å². The lowest BCUT2D eigenvalue weighted by Crippen LogP contribution is -2.29. The minimum atomic E-state index is -0.798. The van der Waals surface area contributed by atoms with Crippen molar-refractivity contribution in [2.24, 2.45) is 0 Å². The third-order valence-electron chi connectivity index (χ3n) is 5.09. The Hall–Kier alpha value is -3.78. The lowest BCUT2D eigenvalue weighted by Gasteiger charge is -2.25. The lowest BCUT2D eigenvalue weighted by atomic mass is 9.99. The molecule has 1 unspecified atom stereocenters. The predicted molar refractivity (Wildman–Crippen MR) is 118 cm³/mol. The third kappa shape index (κ3) is 3.62. The van der Waals surface area contributed by atoms with E-state index in [1.807, 2.05) is 43.5 Å². The van der Waals surface area contributed by atoms with Gasteiger partial charge in [0.05, 0.1) is 10.5 Å². The number of nitro benzene ring substituents is 1. The number of hydrogen-bond acceptors (Lipinski definition) is 6. The van der Waals surface area contributed by atoms with Gasteiger partial charge in [0.1, 0.15) is 11.8 Å². The molecule has 1 amide bonds.